The van der Waals surface area contributed by atoms with Gasteiger partial charge in [-0.15, -0.1) is 0 Å². The largest absolute Gasteiger partial charge is 0.387 e. The lowest BCUT2D eigenvalue weighted by Crippen LogP contribution is -2.46. The summed E-state index contributed by atoms with van der Waals surface area (Å²) in [5.74, 6) is -1.02. The number of allylic oxidation sites excluding steroid dienone is 7. The molecule has 2 unspecified atom stereocenters. The van der Waals surface area contributed by atoms with E-state index in [0.717, 1.165) is 51.4 Å². The van der Waals surface area contributed by atoms with Crippen molar-refractivity contribution in [2.24, 2.45) is 0 Å². The van der Waals surface area contributed by atoms with Crippen molar-refractivity contribution in [2.75, 3.05) is 5.75 Å². The Bertz CT molecular complexity index is 847. The monoisotopic (exact) mass is 609 g/mol. The van der Waals surface area contributed by atoms with Gasteiger partial charge >= 0.3 is 0 Å². The molecule has 0 saturated heterocycles. The number of carbonyl (C=O) groups excluding carboxylic acids is 1. The Balaban J connectivity index is 4.14. The predicted octanol–water partition coefficient (Wildman–Crippen LogP) is 9.18. The molecule has 0 heterocycles. The molecule has 0 aromatic carbocycles. The summed E-state index contributed by atoms with van der Waals surface area (Å²) in [6.45, 7) is 4.44. The van der Waals surface area contributed by atoms with E-state index in [4.69, 9.17) is 0 Å². The number of aliphatic hydroxyl groups excluding tert-OH is 1. The first kappa shape index (κ1) is 40.3. The summed E-state index contributed by atoms with van der Waals surface area (Å²) in [6, 6.07) is -1.08. The molecule has 6 nitrogen and oxygen atoms in total. The molecule has 0 fully saturated rings. The fraction of sp³-hybridized carbons (Fsp3) is 0.743. The molecule has 0 aromatic rings. The first-order valence-electron chi connectivity index (χ1n) is 16.8. The molecule has 0 aliphatic carbocycles. The van der Waals surface area contributed by atoms with Crippen LogP contribution in [0.4, 0.5) is 0 Å². The molecular formula is C35H63NO5S. The summed E-state index contributed by atoms with van der Waals surface area (Å²) < 4.78 is 32.2. The summed E-state index contributed by atoms with van der Waals surface area (Å²) in [6.07, 6.45) is 38.0. The molecule has 0 aromatic heterocycles. The highest BCUT2D eigenvalue weighted by molar-refractivity contribution is 7.85. The normalized spacial score (nSPS) is 14.1. The zero-order chi connectivity index (χ0) is 31.2. The van der Waals surface area contributed by atoms with Crippen LogP contribution in [0.3, 0.4) is 0 Å². The Kier molecular flexibility index (Phi) is 28.2. The van der Waals surface area contributed by atoms with Crippen LogP contribution in [0.25, 0.3) is 0 Å². The molecule has 244 valence electrons. The van der Waals surface area contributed by atoms with Gasteiger partial charge in [-0.25, -0.2) is 0 Å². The third kappa shape index (κ3) is 29.8. The van der Waals surface area contributed by atoms with Crippen molar-refractivity contribution in [1.82, 2.24) is 5.32 Å². The number of aliphatic hydroxyl groups is 1. The van der Waals surface area contributed by atoms with Crippen LogP contribution in [0, 0.1) is 0 Å². The molecule has 42 heavy (non-hydrogen) atoms. The van der Waals surface area contributed by atoms with Gasteiger partial charge in [0.2, 0.25) is 5.91 Å². The van der Waals surface area contributed by atoms with Gasteiger partial charge in [0, 0.05) is 6.42 Å². The summed E-state index contributed by atoms with van der Waals surface area (Å²) in [4.78, 5) is 12.4. The second-order valence-electron chi connectivity index (χ2n) is 11.4. The van der Waals surface area contributed by atoms with Gasteiger partial charge in [-0.2, -0.15) is 8.42 Å². The summed E-state index contributed by atoms with van der Waals surface area (Å²) in [7, 11) is -4.35. The van der Waals surface area contributed by atoms with Crippen molar-refractivity contribution >= 4 is 16.0 Å². The van der Waals surface area contributed by atoms with Crippen molar-refractivity contribution in [3.63, 3.8) is 0 Å². The highest BCUT2D eigenvalue weighted by Gasteiger charge is 2.24. The molecule has 2 atom stereocenters. The fourth-order valence-electron chi connectivity index (χ4n) is 4.66. The number of unbranched alkanes of at least 4 members (excludes halogenated alkanes) is 15. The Labute approximate surface area is 259 Å². The van der Waals surface area contributed by atoms with Crippen LogP contribution < -0.4 is 5.32 Å². The molecule has 3 N–H and O–H groups in total. The second kappa shape index (κ2) is 29.4. The van der Waals surface area contributed by atoms with E-state index in [9.17, 15) is 22.9 Å². The number of amides is 1. The molecule has 1 amide bonds. The lowest BCUT2D eigenvalue weighted by atomic mass is 10.1. The molecule has 0 radical (unpaired) electrons. The zero-order valence-electron chi connectivity index (χ0n) is 26.9. The van der Waals surface area contributed by atoms with E-state index in [1.807, 2.05) is 0 Å². The smallest absolute Gasteiger partial charge is 0.267 e. The van der Waals surface area contributed by atoms with Gasteiger partial charge in [0.1, 0.15) is 0 Å². The maximum atomic E-state index is 12.4. The van der Waals surface area contributed by atoms with Gasteiger partial charge in [0.25, 0.3) is 10.1 Å². The Morgan fingerprint density at radius 2 is 1.12 bits per heavy atom. The average Bonchev–Trinajstić information content (AvgIpc) is 2.94. The predicted molar refractivity (Wildman–Crippen MR) is 179 cm³/mol. The third-order valence-electron chi connectivity index (χ3n) is 7.23. The number of hydrogen-bond donors (Lipinski definition) is 3. The summed E-state index contributed by atoms with van der Waals surface area (Å²) >= 11 is 0. The SMILES string of the molecule is CCCC/C=C\C/C=C\CCCCCCCC(=O)NC(CS(=O)(=O)O)C(O)/C=C/CC/C=C/CCCCCCCCC. The quantitative estimate of drug-likeness (QED) is 0.0446. The van der Waals surface area contributed by atoms with Crippen molar-refractivity contribution < 1.29 is 22.9 Å². The van der Waals surface area contributed by atoms with E-state index >= 15 is 0 Å². The van der Waals surface area contributed by atoms with Crippen LogP contribution in [-0.2, 0) is 14.9 Å². The number of nitrogens with one attached hydrogen (secondary N) is 1. The van der Waals surface area contributed by atoms with Crippen LogP contribution >= 0.6 is 0 Å². The third-order valence-corrected chi connectivity index (χ3v) is 8.01. The van der Waals surface area contributed by atoms with Crippen molar-refractivity contribution in [3.05, 3.63) is 48.6 Å². The lowest BCUT2D eigenvalue weighted by Gasteiger charge is -2.21. The van der Waals surface area contributed by atoms with Crippen molar-refractivity contribution in [3.8, 4) is 0 Å². The lowest BCUT2D eigenvalue weighted by molar-refractivity contribution is -0.122. The van der Waals surface area contributed by atoms with E-state index in [0.29, 0.717) is 12.8 Å². The molecule has 0 rings (SSSR count). The van der Waals surface area contributed by atoms with E-state index in [1.54, 1.807) is 6.08 Å². The van der Waals surface area contributed by atoms with Gasteiger partial charge in [-0.3, -0.25) is 9.35 Å². The summed E-state index contributed by atoms with van der Waals surface area (Å²) in [5, 5.41) is 13.1. The van der Waals surface area contributed by atoms with Crippen LogP contribution in [0.1, 0.15) is 149 Å². The van der Waals surface area contributed by atoms with Crippen molar-refractivity contribution in [1.29, 1.82) is 0 Å². The maximum Gasteiger partial charge on any atom is 0.267 e. The van der Waals surface area contributed by atoms with Gasteiger partial charge in [0.15, 0.2) is 0 Å². The first-order valence-corrected chi connectivity index (χ1v) is 18.4. The number of rotatable bonds is 29. The topological polar surface area (TPSA) is 104 Å². The standard InChI is InChI=1S/C35H63NO5S/c1-3-5-7-9-11-13-15-17-19-21-23-25-27-29-31-35(38)36-33(32-42(39,40)41)34(37)30-28-26-24-22-20-18-16-14-12-10-8-6-4-2/h9,11,15,17,20,22,28,30,33-34,37H,3-8,10,12-14,16,18-19,21,23-27,29,31-32H2,1-2H3,(H,36,38)(H,39,40,41)/b11-9-,17-15-,22-20+,30-28+. The Morgan fingerprint density at radius 1 is 0.643 bits per heavy atom. The minimum atomic E-state index is -4.35. The van der Waals surface area contributed by atoms with E-state index < -0.39 is 28.0 Å². The fourth-order valence-corrected chi connectivity index (χ4v) is 5.39. The number of carbonyl (C=O) groups is 1. The minimum absolute atomic E-state index is 0.270. The summed E-state index contributed by atoms with van der Waals surface area (Å²) in [5.41, 5.74) is 0. The van der Waals surface area contributed by atoms with Gasteiger partial charge in [0.05, 0.1) is 17.9 Å². The highest BCUT2D eigenvalue weighted by atomic mass is 32.2. The highest BCUT2D eigenvalue weighted by Crippen LogP contribution is 2.11. The minimum Gasteiger partial charge on any atom is -0.387 e. The Hall–Kier alpha value is -1.70. The molecule has 0 saturated carbocycles. The van der Waals surface area contributed by atoms with Crippen LogP contribution in [0.5, 0.6) is 0 Å². The Morgan fingerprint density at radius 3 is 1.71 bits per heavy atom. The zero-order valence-corrected chi connectivity index (χ0v) is 27.7. The van der Waals surface area contributed by atoms with Gasteiger partial charge in [-0.1, -0.05) is 133 Å². The van der Waals surface area contributed by atoms with Crippen LogP contribution in [0.15, 0.2) is 48.6 Å². The maximum absolute atomic E-state index is 12.4. The van der Waals surface area contributed by atoms with Gasteiger partial charge in [-0.05, 0) is 57.8 Å². The molecule has 0 bridgehead atoms. The van der Waals surface area contributed by atoms with Crippen molar-refractivity contribution in [2.45, 2.75) is 161 Å². The number of hydrogen-bond acceptors (Lipinski definition) is 4. The molecule has 0 aliphatic rings. The van der Waals surface area contributed by atoms with Crippen LogP contribution in [0.2, 0.25) is 0 Å². The molecule has 0 aliphatic heterocycles. The average molecular weight is 610 g/mol. The molecule has 7 heteroatoms. The first-order chi connectivity index (χ1) is 20.3. The van der Waals surface area contributed by atoms with E-state index in [1.165, 1.54) is 70.3 Å². The van der Waals surface area contributed by atoms with E-state index in [2.05, 4.69) is 55.6 Å². The van der Waals surface area contributed by atoms with Crippen LogP contribution in [-0.4, -0.2) is 41.9 Å². The van der Waals surface area contributed by atoms with Gasteiger partial charge < -0.3 is 10.4 Å². The second-order valence-corrected chi connectivity index (χ2v) is 12.9. The molecular weight excluding hydrogens is 546 g/mol. The molecule has 0 spiro atoms. The van der Waals surface area contributed by atoms with E-state index in [-0.39, 0.29) is 12.3 Å².